The van der Waals surface area contributed by atoms with E-state index in [2.05, 4.69) is 67.0 Å². The first-order valence-electron chi connectivity index (χ1n) is 14.8. The van der Waals surface area contributed by atoms with Gasteiger partial charge in [0.1, 0.15) is 5.60 Å². The Balaban J connectivity index is 1.39. The predicted octanol–water partition coefficient (Wildman–Crippen LogP) is 8.32. The van der Waals surface area contributed by atoms with Gasteiger partial charge in [0.15, 0.2) is 17.4 Å². The van der Waals surface area contributed by atoms with Gasteiger partial charge < -0.3 is 28.7 Å². The Morgan fingerprint density at radius 1 is 0.857 bits per heavy atom. The number of piperidine rings is 1. The maximum absolute atomic E-state index is 6.44. The van der Waals surface area contributed by atoms with Gasteiger partial charge in [-0.1, -0.05) is 29.8 Å². The van der Waals surface area contributed by atoms with Crippen molar-refractivity contribution in [2.75, 3.05) is 39.3 Å². The Morgan fingerprint density at radius 3 is 2.05 bits per heavy atom. The van der Waals surface area contributed by atoms with Crippen molar-refractivity contribution in [2.24, 2.45) is 0 Å². The normalized spacial score (nSPS) is 15.3. The van der Waals surface area contributed by atoms with Gasteiger partial charge in [0.05, 0.1) is 21.3 Å². The third kappa shape index (κ3) is 7.09. The van der Waals surface area contributed by atoms with Crippen LogP contribution in [-0.2, 0) is 11.3 Å². The molecule has 3 aromatic carbocycles. The molecule has 0 spiro atoms. The molecule has 0 radical (unpaired) electrons. The zero-order chi connectivity index (χ0) is 29.9. The van der Waals surface area contributed by atoms with Crippen molar-refractivity contribution in [1.29, 1.82) is 0 Å². The SMILES string of the molecule is COc1cc(-c2cccc(CN(c3ccc(Cl)cc3)C3CCN(C(OC(C)(C)C)=C4CC4)CC3)c2)cc(OC)c1OC. The smallest absolute Gasteiger partial charge is 0.203 e. The van der Waals surface area contributed by atoms with E-state index < -0.39 is 0 Å². The molecular formula is C35H43ClN2O4. The summed E-state index contributed by atoms with van der Waals surface area (Å²) in [4.78, 5) is 5.01. The Hall–Kier alpha value is -3.51. The molecule has 0 unspecified atom stereocenters. The van der Waals surface area contributed by atoms with E-state index >= 15 is 0 Å². The first-order valence-corrected chi connectivity index (χ1v) is 15.1. The lowest BCUT2D eigenvalue weighted by Gasteiger charge is -2.42. The summed E-state index contributed by atoms with van der Waals surface area (Å²) in [5, 5.41) is 0.748. The van der Waals surface area contributed by atoms with Crippen molar-refractivity contribution in [2.45, 2.75) is 64.6 Å². The number of likely N-dealkylation sites (tertiary alicyclic amines) is 1. The molecule has 3 aromatic rings. The second-order valence-electron chi connectivity index (χ2n) is 12.1. The molecule has 7 heteroatoms. The van der Waals surface area contributed by atoms with Crippen LogP contribution in [0.5, 0.6) is 17.2 Å². The molecule has 1 heterocycles. The summed E-state index contributed by atoms with van der Waals surface area (Å²) in [7, 11) is 4.91. The van der Waals surface area contributed by atoms with Crippen LogP contribution in [-0.4, -0.2) is 51.0 Å². The van der Waals surface area contributed by atoms with Crippen molar-refractivity contribution in [3.63, 3.8) is 0 Å². The number of halogens is 1. The van der Waals surface area contributed by atoms with Crippen molar-refractivity contribution < 1.29 is 18.9 Å². The predicted molar refractivity (Wildman–Crippen MR) is 171 cm³/mol. The third-order valence-electron chi connectivity index (χ3n) is 7.83. The van der Waals surface area contributed by atoms with Crippen LogP contribution >= 0.6 is 11.6 Å². The number of hydrogen-bond donors (Lipinski definition) is 0. The van der Waals surface area contributed by atoms with Crippen LogP contribution in [0.1, 0.15) is 52.0 Å². The summed E-state index contributed by atoms with van der Waals surface area (Å²) < 4.78 is 23.2. The molecule has 6 nitrogen and oxygen atoms in total. The van der Waals surface area contributed by atoms with Gasteiger partial charge >= 0.3 is 0 Å². The van der Waals surface area contributed by atoms with Crippen LogP contribution in [0.3, 0.4) is 0 Å². The summed E-state index contributed by atoms with van der Waals surface area (Å²) in [6.07, 6.45) is 4.42. The summed E-state index contributed by atoms with van der Waals surface area (Å²) in [5.74, 6) is 3.00. The minimum Gasteiger partial charge on any atom is -0.493 e. The first-order chi connectivity index (χ1) is 20.2. The fourth-order valence-electron chi connectivity index (χ4n) is 5.66. The minimum absolute atomic E-state index is 0.194. The van der Waals surface area contributed by atoms with Crippen LogP contribution in [0.4, 0.5) is 5.69 Å². The maximum atomic E-state index is 6.44. The summed E-state index contributed by atoms with van der Waals surface area (Å²) in [6.45, 7) is 9.16. The van der Waals surface area contributed by atoms with Gasteiger partial charge in [-0.15, -0.1) is 0 Å². The highest BCUT2D eigenvalue weighted by Crippen LogP contribution is 2.42. The molecule has 0 amide bonds. The lowest BCUT2D eigenvalue weighted by atomic mass is 9.99. The van der Waals surface area contributed by atoms with Gasteiger partial charge in [-0.2, -0.15) is 0 Å². The summed E-state index contributed by atoms with van der Waals surface area (Å²) >= 11 is 6.29. The van der Waals surface area contributed by atoms with Gasteiger partial charge in [-0.05, 0) is 111 Å². The van der Waals surface area contributed by atoms with Gasteiger partial charge in [-0.25, -0.2) is 0 Å². The van der Waals surface area contributed by atoms with Crippen LogP contribution in [0.15, 0.2) is 72.1 Å². The number of allylic oxidation sites excluding steroid dienone is 1. The van der Waals surface area contributed by atoms with E-state index in [0.717, 1.165) is 67.4 Å². The van der Waals surface area contributed by atoms with E-state index in [4.69, 9.17) is 30.5 Å². The second-order valence-corrected chi connectivity index (χ2v) is 12.5. The molecule has 5 rings (SSSR count). The van der Waals surface area contributed by atoms with Crippen LogP contribution < -0.4 is 19.1 Å². The molecule has 0 atom stereocenters. The highest BCUT2D eigenvalue weighted by molar-refractivity contribution is 6.30. The lowest BCUT2D eigenvalue weighted by Crippen LogP contribution is -2.45. The average molecular weight is 591 g/mol. The van der Waals surface area contributed by atoms with E-state index in [-0.39, 0.29) is 5.60 Å². The van der Waals surface area contributed by atoms with E-state index in [1.54, 1.807) is 21.3 Å². The van der Waals surface area contributed by atoms with E-state index in [9.17, 15) is 0 Å². The van der Waals surface area contributed by atoms with E-state index in [0.29, 0.717) is 23.3 Å². The molecule has 0 bridgehead atoms. The number of nitrogens with zero attached hydrogens (tertiary/aromatic N) is 2. The largest absolute Gasteiger partial charge is 0.493 e. The molecule has 0 aromatic heterocycles. The Bertz CT molecular complexity index is 1370. The number of anilines is 1. The fourth-order valence-corrected chi connectivity index (χ4v) is 5.79. The summed E-state index contributed by atoms with van der Waals surface area (Å²) in [5.41, 5.74) is 5.79. The number of rotatable bonds is 10. The van der Waals surface area contributed by atoms with Gasteiger partial charge in [0.25, 0.3) is 0 Å². The molecule has 2 aliphatic rings. The number of hydrogen-bond acceptors (Lipinski definition) is 6. The Labute approximate surface area is 255 Å². The van der Waals surface area contributed by atoms with Gasteiger partial charge in [-0.3, -0.25) is 0 Å². The second kappa shape index (κ2) is 12.8. The maximum Gasteiger partial charge on any atom is 0.203 e. The summed E-state index contributed by atoms with van der Waals surface area (Å²) in [6, 6.07) is 21.3. The molecular weight excluding hydrogens is 548 g/mol. The molecule has 1 aliphatic heterocycles. The zero-order valence-electron chi connectivity index (χ0n) is 25.7. The molecule has 0 N–H and O–H groups in total. The monoisotopic (exact) mass is 590 g/mol. The molecule has 224 valence electrons. The van der Waals surface area contributed by atoms with Gasteiger partial charge in [0, 0.05) is 36.4 Å². The fraction of sp³-hybridized carbons (Fsp3) is 0.429. The molecule has 1 saturated carbocycles. The number of ether oxygens (including phenoxy) is 4. The Morgan fingerprint density at radius 2 is 1.50 bits per heavy atom. The van der Waals surface area contributed by atoms with Crippen LogP contribution in [0.25, 0.3) is 11.1 Å². The quantitative estimate of drug-likeness (QED) is 0.221. The highest BCUT2D eigenvalue weighted by Gasteiger charge is 2.32. The highest BCUT2D eigenvalue weighted by atomic mass is 35.5. The number of methoxy groups -OCH3 is 3. The van der Waals surface area contributed by atoms with Crippen molar-refractivity contribution in [1.82, 2.24) is 4.90 Å². The van der Waals surface area contributed by atoms with Crippen molar-refractivity contribution in [3.05, 3.63) is 82.7 Å². The number of benzene rings is 3. The molecule has 1 aliphatic carbocycles. The standard InChI is InChI=1S/C35H43ClN2O4/c1-35(2,3)42-34(25-10-11-25)37-18-16-30(17-19-37)38(29-14-12-28(36)13-15-29)23-24-8-7-9-26(20-24)27-21-31(39-4)33(41-6)32(22-27)40-5/h7-9,12-15,20-22,30H,10-11,16-19,23H2,1-6H3. The Kier molecular flexibility index (Phi) is 9.12. The topological polar surface area (TPSA) is 43.4 Å². The molecule has 42 heavy (non-hydrogen) atoms. The van der Waals surface area contributed by atoms with Crippen LogP contribution in [0.2, 0.25) is 5.02 Å². The van der Waals surface area contributed by atoms with Gasteiger partial charge in [0.2, 0.25) is 5.75 Å². The van der Waals surface area contributed by atoms with Crippen molar-refractivity contribution in [3.8, 4) is 28.4 Å². The average Bonchev–Trinajstić information content (AvgIpc) is 3.84. The minimum atomic E-state index is -0.194. The van der Waals surface area contributed by atoms with Crippen molar-refractivity contribution >= 4 is 17.3 Å². The van der Waals surface area contributed by atoms with Crippen LogP contribution in [0, 0.1) is 0 Å². The zero-order valence-corrected chi connectivity index (χ0v) is 26.5. The molecule has 2 fully saturated rings. The first kappa shape index (κ1) is 30.0. The van der Waals surface area contributed by atoms with E-state index in [1.807, 2.05) is 24.3 Å². The lowest BCUT2D eigenvalue weighted by molar-refractivity contribution is -0.00541. The van der Waals surface area contributed by atoms with E-state index in [1.165, 1.54) is 16.8 Å². The third-order valence-corrected chi connectivity index (χ3v) is 8.09. The molecule has 1 saturated heterocycles.